The molecule has 0 saturated heterocycles. The Bertz CT molecular complexity index is 813. The maximum absolute atomic E-state index is 12.1. The first-order chi connectivity index (χ1) is 12.2. The van der Waals surface area contributed by atoms with E-state index in [1.165, 1.54) is 0 Å². The van der Waals surface area contributed by atoms with Gasteiger partial charge in [0.15, 0.2) is 5.82 Å². The molecule has 0 aliphatic carbocycles. The van der Waals surface area contributed by atoms with Gasteiger partial charge in [0.1, 0.15) is 5.75 Å². The predicted octanol–water partition coefficient (Wildman–Crippen LogP) is 3.24. The Balaban J connectivity index is 1.43. The first-order valence-corrected chi connectivity index (χ1v) is 8.09. The number of benzene rings is 2. The van der Waals surface area contributed by atoms with Gasteiger partial charge in [-0.05, 0) is 49.7 Å². The lowest BCUT2D eigenvalue weighted by atomic mass is 10.1. The standard InChI is InChI=1S/C19H19N3O3/c1-14-21-19(25-22-14)16-10-8-15(9-11-16)18(23)20-12-5-13-24-17-6-3-2-4-7-17/h2-4,6-11H,5,12-13H2,1H3,(H,20,23). The third kappa shape index (κ3) is 4.67. The molecule has 0 saturated carbocycles. The minimum Gasteiger partial charge on any atom is -0.494 e. The Labute approximate surface area is 145 Å². The highest BCUT2D eigenvalue weighted by Crippen LogP contribution is 2.17. The van der Waals surface area contributed by atoms with Crippen molar-refractivity contribution in [3.63, 3.8) is 0 Å². The number of carbonyl (C=O) groups excluding carboxylic acids is 1. The van der Waals surface area contributed by atoms with Crippen molar-refractivity contribution in [2.45, 2.75) is 13.3 Å². The quantitative estimate of drug-likeness (QED) is 0.670. The van der Waals surface area contributed by atoms with E-state index in [0.717, 1.165) is 17.7 Å². The summed E-state index contributed by atoms with van der Waals surface area (Å²) in [5, 5.41) is 6.63. The molecule has 0 unspecified atom stereocenters. The van der Waals surface area contributed by atoms with Crippen LogP contribution in [0.2, 0.25) is 0 Å². The van der Waals surface area contributed by atoms with Crippen LogP contribution in [0.15, 0.2) is 59.1 Å². The average molecular weight is 337 g/mol. The van der Waals surface area contributed by atoms with Gasteiger partial charge in [-0.2, -0.15) is 4.98 Å². The number of nitrogens with zero attached hydrogens (tertiary/aromatic N) is 2. The normalized spacial score (nSPS) is 10.4. The molecule has 1 heterocycles. The third-order valence-corrected chi connectivity index (χ3v) is 3.54. The van der Waals surface area contributed by atoms with E-state index in [-0.39, 0.29) is 5.91 Å². The zero-order valence-electron chi connectivity index (χ0n) is 13.9. The summed E-state index contributed by atoms with van der Waals surface area (Å²) in [7, 11) is 0. The van der Waals surface area contributed by atoms with Gasteiger partial charge >= 0.3 is 0 Å². The van der Waals surface area contributed by atoms with Gasteiger partial charge in [-0.15, -0.1) is 0 Å². The van der Waals surface area contributed by atoms with Crippen molar-refractivity contribution >= 4 is 5.91 Å². The third-order valence-electron chi connectivity index (χ3n) is 3.54. The molecular weight excluding hydrogens is 318 g/mol. The molecule has 1 N–H and O–H groups in total. The van der Waals surface area contributed by atoms with Gasteiger partial charge in [-0.3, -0.25) is 4.79 Å². The van der Waals surface area contributed by atoms with E-state index >= 15 is 0 Å². The summed E-state index contributed by atoms with van der Waals surface area (Å²) in [5.41, 5.74) is 1.37. The number of hydrogen-bond donors (Lipinski definition) is 1. The van der Waals surface area contributed by atoms with Crippen LogP contribution in [0.25, 0.3) is 11.5 Å². The summed E-state index contributed by atoms with van der Waals surface area (Å²) in [6, 6.07) is 16.7. The van der Waals surface area contributed by atoms with E-state index in [1.807, 2.05) is 30.3 Å². The fourth-order valence-electron chi connectivity index (χ4n) is 2.26. The van der Waals surface area contributed by atoms with Crippen molar-refractivity contribution in [1.29, 1.82) is 0 Å². The highest BCUT2D eigenvalue weighted by Gasteiger charge is 2.09. The van der Waals surface area contributed by atoms with Crippen LogP contribution in [0.3, 0.4) is 0 Å². The van der Waals surface area contributed by atoms with Crippen molar-refractivity contribution in [2.24, 2.45) is 0 Å². The molecule has 6 heteroatoms. The SMILES string of the molecule is Cc1noc(-c2ccc(C(=O)NCCCOc3ccccc3)cc2)n1. The lowest BCUT2D eigenvalue weighted by Gasteiger charge is -2.07. The lowest BCUT2D eigenvalue weighted by Crippen LogP contribution is -2.25. The molecule has 6 nitrogen and oxygen atoms in total. The number of carbonyl (C=O) groups is 1. The molecule has 0 bridgehead atoms. The van der Waals surface area contributed by atoms with Crippen LogP contribution in [0.4, 0.5) is 0 Å². The van der Waals surface area contributed by atoms with Crippen molar-refractivity contribution in [1.82, 2.24) is 15.5 Å². The number of nitrogens with one attached hydrogen (secondary N) is 1. The van der Waals surface area contributed by atoms with Crippen LogP contribution in [-0.2, 0) is 0 Å². The molecule has 1 aromatic heterocycles. The molecule has 0 spiro atoms. The maximum Gasteiger partial charge on any atom is 0.257 e. The smallest absolute Gasteiger partial charge is 0.257 e. The molecule has 25 heavy (non-hydrogen) atoms. The number of hydrogen-bond acceptors (Lipinski definition) is 5. The highest BCUT2D eigenvalue weighted by atomic mass is 16.5. The predicted molar refractivity (Wildman–Crippen MR) is 93.4 cm³/mol. The second-order valence-electron chi connectivity index (χ2n) is 5.50. The van der Waals surface area contributed by atoms with Crippen LogP contribution >= 0.6 is 0 Å². The van der Waals surface area contributed by atoms with Gasteiger partial charge in [0.05, 0.1) is 6.61 Å². The van der Waals surface area contributed by atoms with Crippen LogP contribution in [0.5, 0.6) is 5.75 Å². The molecule has 3 aromatic rings. The summed E-state index contributed by atoms with van der Waals surface area (Å²) < 4.78 is 10.7. The van der Waals surface area contributed by atoms with Gasteiger partial charge in [0.25, 0.3) is 11.8 Å². The number of para-hydroxylation sites is 1. The van der Waals surface area contributed by atoms with Crippen molar-refractivity contribution in [2.75, 3.05) is 13.2 Å². The van der Waals surface area contributed by atoms with Crippen LogP contribution in [0, 0.1) is 6.92 Å². The van der Waals surface area contributed by atoms with Gasteiger partial charge in [-0.25, -0.2) is 0 Å². The Kier molecular flexibility index (Phi) is 5.41. The van der Waals surface area contributed by atoms with Gasteiger partial charge < -0.3 is 14.6 Å². The summed E-state index contributed by atoms with van der Waals surface area (Å²) in [6.45, 7) is 2.87. The molecule has 0 radical (unpaired) electrons. The largest absolute Gasteiger partial charge is 0.494 e. The molecule has 0 aliphatic rings. The maximum atomic E-state index is 12.1. The Morgan fingerprint density at radius 3 is 2.56 bits per heavy atom. The van der Waals surface area contributed by atoms with E-state index in [4.69, 9.17) is 9.26 Å². The first-order valence-electron chi connectivity index (χ1n) is 8.09. The van der Waals surface area contributed by atoms with Crippen LogP contribution < -0.4 is 10.1 Å². The van der Waals surface area contributed by atoms with Gasteiger partial charge in [0, 0.05) is 17.7 Å². The van der Waals surface area contributed by atoms with Crippen molar-refractivity contribution in [3.8, 4) is 17.2 Å². The fourth-order valence-corrected chi connectivity index (χ4v) is 2.26. The second kappa shape index (κ2) is 8.10. The molecule has 2 aromatic carbocycles. The zero-order chi connectivity index (χ0) is 17.5. The highest BCUT2D eigenvalue weighted by molar-refractivity contribution is 5.94. The molecular formula is C19H19N3O3. The summed E-state index contributed by atoms with van der Waals surface area (Å²) >= 11 is 0. The van der Waals surface area contributed by atoms with Crippen molar-refractivity contribution in [3.05, 3.63) is 66.0 Å². The minimum absolute atomic E-state index is 0.118. The first kappa shape index (κ1) is 16.7. The van der Waals surface area contributed by atoms with Crippen LogP contribution in [-0.4, -0.2) is 29.2 Å². The summed E-state index contributed by atoms with van der Waals surface area (Å²) in [5.74, 6) is 1.74. The summed E-state index contributed by atoms with van der Waals surface area (Å²) in [6.07, 6.45) is 0.736. The Morgan fingerprint density at radius 1 is 1.12 bits per heavy atom. The molecule has 128 valence electrons. The molecule has 3 rings (SSSR count). The number of rotatable bonds is 7. The van der Waals surface area contributed by atoms with Gasteiger partial charge in [-0.1, -0.05) is 23.4 Å². The molecule has 0 aliphatic heterocycles. The average Bonchev–Trinajstić information content (AvgIpc) is 3.09. The number of aromatic nitrogens is 2. The topological polar surface area (TPSA) is 77.2 Å². The Morgan fingerprint density at radius 2 is 1.88 bits per heavy atom. The second-order valence-corrected chi connectivity index (χ2v) is 5.50. The molecule has 1 amide bonds. The number of amides is 1. The number of ether oxygens (including phenoxy) is 1. The van der Waals surface area contributed by atoms with E-state index < -0.39 is 0 Å². The van der Waals surface area contributed by atoms with E-state index in [1.54, 1.807) is 31.2 Å². The monoisotopic (exact) mass is 337 g/mol. The Hall–Kier alpha value is -3.15. The lowest BCUT2D eigenvalue weighted by molar-refractivity contribution is 0.0951. The van der Waals surface area contributed by atoms with E-state index in [0.29, 0.717) is 30.4 Å². The van der Waals surface area contributed by atoms with E-state index in [2.05, 4.69) is 15.5 Å². The molecule has 0 fully saturated rings. The van der Waals surface area contributed by atoms with Crippen LogP contribution in [0.1, 0.15) is 22.6 Å². The van der Waals surface area contributed by atoms with Gasteiger partial charge in [0.2, 0.25) is 0 Å². The number of aryl methyl sites for hydroxylation is 1. The minimum atomic E-state index is -0.118. The zero-order valence-corrected chi connectivity index (χ0v) is 13.9. The van der Waals surface area contributed by atoms with Crippen molar-refractivity contribution < 1.29 is 14.1 Å². The van der Waals surface area contributed by atoms with E-state index in [9.17, 15) is 4.79 Å². The molecule has 0 atom stereocenters. The summed E-state index contributed by atoms with van der Waals surface area (Å²) in [4.78, 5) is 16.3. The fraction of sp³-hybridized carbons (Fsp3) is 0.211.